The average molecular weight is 310 g/mol. The van der Waals surface area contributed by atoms with Crippen LogP contribution in [0.4, 0.5) is 0 Å². The molecule has 3 rings (SSSR count). The van der Waals surface area contributed by atoms with Gasteiger partial charge in [0.05, 0.1) is 0 Å². The van der Waals surface area contributed by atoms with Crippen molar-refractivity contribution in [2.24, 2.45) is 5.73 Å². The van der Waals surface area contributed by atoms with Gasteiger partial charge in [-0.1, -0.05) is 48.5 Å². The van der Waals surface area contributed by atoms with E-state index in [1.807, 2.05) is 23.1 Å². The Kier molecular flexibility index (Phi) is 4.74. The van der Waals surface area contributed by atoms with Crippen LogP contribution in [0.15, 0.2) is 48.5 Å². The largest absolute Gasteiger partial charge is 0.375 e. The van der Waals surface area contributed by atoms with E-state index in [2.05, 4.69) is 30.3 Å². The highest BCUT2D eigenvalue weighted by Crippen LogP contribution is 2.26. The van der Waals surface area contributed by atoms with Crippen LogP contribution in [-0.4, -0.2) is 24.5 Å². The van der Waals surface area contributed by atoms with Crippen molar-refractivity contribution in [1.29, 1.82) is 0 Å². The number of carbonyl (C=O) groups is 1. The van der Waals surface area contributed by atoms with Crippen LogP contribution in [-0.2, 0) is 29.0 Å². The van der Waals surface area contributed by atoms with Crippen LogP contribution in [0.25, 0.3) is 0 Å². The lowest BCUT2D eigenvalue weighted by Crippen LogP contribution is -2.28. The Labute approximate surface area is 136 Å². The summed E-state index contributed by atoms with van der Waals surface area (Å²) < 4.78 is 4.93. The SMILES string of the molecule is COCC(=O)N1Cc2ccc(C(N)Cc3ccccc3)cc2C1. The molecule has 0 saturated heterocycles. The number of nitrogens with two attached hydrogens (primary N) is 1. The van der Waals surface area contributed by atoms with Crippen molar-refractivity contribution < 1.29 is 9.53 Å². The summed E-state index contributed by atoms with van der Waals surface area (Å²) in [6.07, 6.45) is 0.811. The number of ether oxygens (including phenoxy) is 1. The third-order valence-corrected chi connectivity index (χ3v) is 4.30. The summed E-state index contributed by atoms with van der Waals surface area (Å²) >= 11 is 0. The van der Waals surface area contributed by atoms with Gasteiger partial charge in [0.25, 0.3) is 0 Å². The average Bonchev–Trinajstić information content (AvgIpc) is 2.99. The van der Waals surface area contributed by atoms with Gasteiger partial charge in [0, 0.05) is 26.2 Å². The second kappa shape index (κ2) is 6.94. The monoisotopic (exact) mass is 310 g/mol. The highest BCUT2D eigenvalue weighted by atomic mass is 16.5. The molecular weight excluding hydrogens is 288 g/mol. The molecule has 1 unspecified atom stereocenters. The number of carbonyl (C=O) groups excluding carboxylic acids is 1. The first-order valence-electron chi connectivity index (χ1n) is 7.85. The quantitative estimate of drug-likeness (QED) is 0.923. The highest BCUT2D eigenvalue weighted by Gasteiger charge is 2.23. The molecule has 23 heavy (non-hydrogen) atoms. The van der Waals surface area contributed by atoms with E-state index in [1.165, 1.54) is 16.7 Å². The first kappa shape index (κ1) is 15.7. The number of fused-ring (bicyclic) bond motifs is 1. The van der Waals surface area contributed by atoms with Gasteiger partial charge in [-0.2, -0.15) is 0 Å². The molecule has 0 bridgehead atoms. The van der Waals surface area contributed by atoms with E-state index in [0.717, 1.165) is 12.0 Å². The summed E-state index contributed by atoms with van der Waals surface area (Å²) in [5.41, 5.74) is 11.1. The predicted molar refractivity (Wildman–Crippen MR) is 89.6 cm³/mol. The first-order chi connectivity index (χ1) is 11.2. The number of rotatable bonds is 5. The molecule has 0 radical (unpaired) electrons. The van der Waals surface area contributed by atoms with Crippen LogP contribution in [0.3, 0.4) is 0 Å². The summed E-state index contributed by atoms with van der Waals surface area (Å²) in [5, 5.41) is 0. The number of nitrogens with zero attached hydrogens (tertiary/aromatic N) is 1. The van der Waals surface area contributed by atoms with Gasteiger partial charge >= 0.3 is 0 Å². The van der Waals surface area contributed by atoms with Gasteiger partial charge in [0.2, 0.25) is 5.91 Å². The lowest BCUT2D eigenvalue weighted by molar-refractivity contribution is -0.135. The third-order valence-electron chi connectivity index (χ3n) is 4.30. The lowest BCUT2D eigenvalue weighted by Gasteiger charge is -2.14. The summed E-state index contributed by atoms with van der Waals surface area (Å²) in [7, 11) is 1.54. The Hall–Kier alpha value is -2.17. The van der Waals surface area contributed by atoms with Crippen molar-refractivity contribution in [1.82, 2.24) is 4.90 Å². The fourth-order valence-electron chi connectivity index (χ4n) is 3.02. The maximum absolute atomic E-state index is 12.0. The Bertz CT molecular complexity index is 685. The third kappa shape index (κ3) is 3.60. The molecule has 0 saturated carbocycles. The second-order valence-electron chi connectivity index (χ2n) is 6.01. The molecule has 2 N–H and O–H groups in total. The predicted octanol–water partition coefficient (Wildman–Crippen LogP) is 2.42. The minimum atomic E-state index is -0.0357. The molecule has 2 aromatic carbocycles. The minimum absolute atomic E-state index is 0.0267. The first-order valence-corrected chi connectivity index (χ1v) is 7.85. The zero-order valence-corrected chi connectivity index (χ0v) is 13.4. The smallest absolute Gasteiger partial charge is 0.249 e. The number of benzene rings is 2. The topological polar surface area (TPSA) is 55.6 Å². The lowest BCUT2D eigenvalue weighted by atomic mass is 9.97. The van der Waals surface area contributed by atoms with Crippen LogP contribution in [0, 0.1) is 0 Å². The van der Waals surface area contributed by atoms with E-state index < -0.39 is 0 Å². The van der Waals surface area contributed by atoms with Crippen LogP contribution in [0.1, 0.15) is 28.3 Å². The van der Waals surface area contributed by atoms with E-state index >= 15 is 0 Å². The van der Waals surface area contributed by atoms with Crippen molar-refractivity contribution in [3.05, 3.63) is 70.8 Å². The summed E-state index contributed by atoms with van der Waals surface area (Å²) in [6.45, 7) is 1.43. The van der Waals surface area contributed by atoms with Crippen LogP contribution in [0.2, 0.25) is 0 Å². The molecule has 1 aliphatic heterocycles. The normalized spacial score (nSPS) is 14.6. The van der Waals surface area contributed by atoms with Crippen LogP contribution < -0.4 is 5.73 Å². The standard InChI is InChI=1S/C19H22N2O2/c1-23-13-19(22)21-11-16-8-7-15(10-17(16)12-21)18(20)9-14-5-3-2-4-6-14/h2-8,10,18H,9,11-13,20H2,1H3. The zero-order chi connectivity index (χ0) is 16.2. The molecule has 1 amide bonds. The maximum atomic E-state index is 12.0. The maximum Gasteiger partial charge on any atom is 0.249 e. The summed E-state index contributed by atoms with van der Waals surface area (Å²) in [6, 6.07) is 16.5. The molecule has 120 valence electrons. The van der Waals surface area contributed by atoms with Gasteiger partial charge in [-0.3, -0.25) is 4.79 Å². The Morgan fingerprint density at radius 2 is 1.91 bits per heavy atom. The Balaban J connectivity index is 1.70. The Morgan fingerprint density at radius 3 is 2.65 bits per heavy atom. The van der Waals surface area contributed by atoms with Gasteiger partial charge in [-0.05, 0) is 28.7 Å². The van der Waals surface area contributed by atoms with Crippen LogP contribution in [0.5, 0.6) is 0 Å². The number of hydrogen-bond acceptors (Lipinski definition) is 3. The van der Waals surface area contributed by atoms with Gasteiger partial charge in [-0.15, -0.1) is 0 Å². The molecule has 0 aliphatic carbocycles. The van der Waals surface area contributed by atoms with E-state index in [4.69, 9.17) is 10.5 Å². The Morgan fingerprint density at radius 1 is 1.17 bits per heavy atom. The number of hydrogen-bond donors (Lipinski definition) is 1. The number of amides is 1. The summed E-state index contributed by atoms with van der Waals surface area (Å²) in [5.74, 6) is 0.0267. The summed E-state index contributed by atoms with van der Waals surface area (Å²) in [4.78, 5) is 13.8. The minimum Gasteiger partial charge on any atom is -0.375 e. The molecule has 0 aromatic heterocycles. The highest BCUT2D eigenvalue weighted by molar-refractivity contribution is 5.78. The molecule has 0 fully saturated rings. The fraction of sp³-hybridized carbons (Fsp3) is 0.316. The van der Waals surface area contributed by atoms with Crippen LogP contribution >= 0.6 is 0 Å². The van der Waals surface area contributed by atoms with E-state index in [-0.39, 0.29) is 18.6 Å². The van der Waals surface area contributed by atoms with E-state index in [9.17, 15) is 4.79 Å². The molecular formula is C19H22N2O2. The molecule has 1 aliphatic rings. The van der Waals surface area contributed by atoms with Gasteiger partial charge in [0.15, 0.2) is 0 Å². The van der Waals surface area contributed by atoms with Crippen molar-refractivity contribution in [3.63, 3.8) is 0 Å². The van der Waals surface area contributed by atoms with Crippen molar-refractivity contribution in [2.75, 3.05) is 13.7 Å². The molecule has 0 spiro atoms. The van der Waals surface area contributed by atoms with Crippen molar-refractivity contribution in [3.8, 4) is 0 Å². The van der Waals surface area contributed by atoms with Gasteiger partial charge in [-0.25, -0.2) is 0 Å². The van der Waals surface area contributed by atoms with Gasteiger partial charge < -0.3 is 15.4 Å². The van der Waals surface area contributed by atoms with Crippen molar-refractivity contribution >= 4 is 5.91 Å². The van der Waals surface area contributed by atoms with Gasteiger partial charge in [0.1, 0.15) is 6.61 Å². The molecule has 2 aromatic rings. The van der Waals surface area contributed by atoms with Crippen molar-refractivity contribution in [2.45, 2.75) is 25.6 Å². The second-order valence-corrected chi connectivity index (χ2v) is 6.01. The molecule has 4 heteroatoms. The zero-order valence-electron chi connectivity index (χ0n) is 13.4. The van der Waals surface area contributed by atoms with E-state index in [1.54, 1.807) is 7.11 Å². The fourth-order valence-corrected chi connectivity index (χ4v) is 3.02. The molecule has 1 heterocycles. The molecule has 1 atom stereocenters. The molecule has 4 nitrogen and oxygen atoms in total. The number of methoxy groups -OCH3 is 1. The van der Waals surface area contributed by atoms with E-state index in [0.29, 0.717) is 13.1 Å².